The highest BCUT2D eigenvalue weighted by Crippen LogP contribution is 2.36. The lowest BCUT2D eigenvalue weighted by Gasteiger charge is -2.33. The number of para-hydroxylation sites is 1. The molecule has 0 bridgehead atoms. The normalized spacial score (nSPS) is 20.0. The number of amides is 1. The summed E-state index contributed by atoms with van der Waals surface area (Å²) >= 11 is 0. The molecule has 178 valence electrons. The lowest BCUT2D eigenvalue weighted by Crippen LogP contribution is -2.55. The van der Waals surface area contributed by atoms with Gasteiger partial charge in [0.25, 0.3) is 5.91 Å². The molecular formula is C23H33NO6S2. The van der Waals surface area contributed by atoms with E-state index in [4.69, 9.17) is 9.94 Å². The first-order valence-corrected chi connectivity index (χ1v) is 13.6. The van der Waals surface area contributed by atoms with Crippen molar-refractivity contribution in [3.8, 4) is 11.5 Å². The van der Waals surface area contributed by atoms with Crippen LogP contribution in [0.2, 0.25) is 0 Å². The number of benzene rings is 2. The van der Waals surface area contributed by atoms with Crippen LogP contribution < -0.4 is 10.2 Å². The Morgan fingerprint density at radius 3 is 1.94 bits per heavy atom. The van der Waals surface area contributed by atoms with Gasteiger partial charge in [0, 0.05) is 22.3 Å². The number of nitrogens with one attached hydrogen (secondary N) is 1. The Morgan fingerprint density at radius 1 is 1.00 bits per heavy atom. The molecule has 9 heteroatoms. The van der Waals surface area contributed by atoms with Crippen molar-refractivity contribution in [2.75, 3.05) is 11.5 Å². The van der Waals surface area contributed by atoms with E-state index in [1.54, 1.807) is 12.1 Å². The Balaban J connectivity index is 0.000000944. The lowest BCUT2D eigenvalue weighted by molar-refractivity contribution is -0.132. The van der Waals surface area contributed by atoms with Crippen LogP contribution in [0.4, 0.5) is 0 Å². The minimum atomic E-state index is -4.11. The summed E-state index contributed by atoms with van der Waals surface area (Å²) in [5.41, 5.74) is 1.47. The van der Waals surface area contributed by atoms with Gasteiger partial charge in [-0.05, 0) is 49.2 Å². The van der Waals surface area contributed by atoms with Gasteiger partial charge in [-0.3, -0.25) is 14.2 Å². The summed E-state index contributed by atoms with van der Waals surface area (Å²) < 4.78 is 41.8. The van der Waals surface area contributed by atoms with Crippen LogP contribution in [0.3, 0.4) is 0 Å². The highest BCUT2D eigenvalue weighted by atomic mass is 32.2. The lowest BCUT2D eigenvalue weighted by atomic mass is 10.0. The van der Waals surface area contributed by atoms with Crippen LogP contribution in [-0.2, 0) is 25.4 Å². The van der Waals surface area contributed by atoms with Gasteiger partial charge in [-0.2, -0.15) is 0 Å². The number of ether oxygens (including phenoxy) is 1. The molecule has 32 heavy (non-hydrogen) atoms. The van der Waals surface area contributed by atoms with Crippen LogP contribution in [0.5, 0.6) is 11.5 Å². The van der Waals surface area contributed by atoms with E-state index in [0.29, 0.717) is 11.5 Å². The number of hydroxylamine groups is 1. The second-order valence-corrected chi connectivity index (χ2v) is 10.8. The second-order valence-electron chi connectivity index (χ2n) is 6.88. The molecule has 1 aliphatic rings. The molecule has 2 aromatic carbocycles. The van der Waals surface area contributed by atoms with Gasteiger partial charge in [-0.1, -0.05) is 52.3 Å². The fourth-order valence-electron chi connectivity index (χ4n) is 3.04. The summed E-state index contributed by atoms with van der Waals surface area (Å²) in [6.07, 6.45) is 1.02. The molecule has 1 fully saturated rings. The van der Waals surface area contributed by atoms with Gasteiger partial charge >= 0.3 is 0 Å². The average Bonchev–Trinajstić information content (AvgIpc) is 2.82. The standard InChI is InChI=1S/C18H19NO6S2.C3H8.C2H6/c20-17(19-21)18(10-12-26(22)13-11-18)27(23,24)16-8-6-15(7-9-16)25-14-4-2-1-3-5-14;1-3-2;1-2/h1-9,21H,10-13H2,(H,19,20);3H2,1-2H3;1-2H3. The topological polar surface area (TPSA) is 110 Å². The monoisotopic (exact) mass is 483 g/mol. The van der Waals surface area contributed by atoms with Crippen molar-refractivity contribution in [1.29, 1.82) is 0 Å². The number of carbonyl (C=O) groups is 1. The smallest absolute Gasteiger partial charge is 0.265 e. The molecule has 0 aliphatic carbocycles. The van der Waals surface area contributed by atoms with Crippen molar-refractivity contribution < 1.29 is 27.4 Å². The van der Waals surface area contributed by atoms with Crippen molar-refractivity contribution in [3.05, 3.63) is 54.6 Å². The quantitative estimate of drug-likeness (QED) is 0.479. The molecule has 0 unspecified atom stereocenters. The fraction of sp³-hybridized carbons (Fsp3) is 0.435. The van der Waals surface area contributed by atoms with Crippen molar-refractivity contribution in [2.24, 2.45) is 0 Å². The molecule has 3 rings (SSSR count). The maximum absolute atomic E-state index is 13.2. The number of hydrogen-bond donors (Lipinski definition) is 2. The van der Waals surface area contributed by atoms with E-state index in [1.165, 1.54) is 36.2 Å². The molecular weight excluding hydrogens is 450 g/mol. The average molecular weight is 484 g/mol. The Labute approximate surface area is 193 Å². The summed E-state index contributed by atoms with van der Waals surface area (Å²) in [6.45, 7) is 8.25. The van der Waals surface area contributed by atoms with Crippen molar-refractivity contribution in [1.82, 2.24) is 5.48 Å². The van der Waals surface area contributed by atoms with E-state index in [0.717, 1.165) is 0 Å². The third-order valence-corrected chi connectivity index (χ3v) is 8.44. The summed E-state index contributed by atoms with van der Waals surface area (Å²) in [6, 6.07) is 14.8. The van der Waals surface area contributed by atoms with Crippen molar-refractivity contribution in [3.63, 3.8) is 0 Å². The third-order valence-electron chi connectivity index (χ3n) is 4.61. The molecule has 0 radical (unpaired) electrons. The van der Waals surface area contributed by atoms with E-state index in [-0.39, 0.29) is 29.2 Å². The Morgan fingerprint density at radius 2 is 1.47 bits per heavy atom. The summed E-state index contributed by atoms with van der Waals surface area (Å²) in [5, 5.41) is 9.08. The van der Waals surface area contributed by atoms with Crippen LogP contribution in [0.1, 0.15) is 47.0 Å². The number of hydrogen-bond acceptors (Lipinski definition) is 6. The number of rotatable bonds is 5. The molecule has 1 amide bonds. The van der Waals surface area contributed by atoms with Crippen molar-refractivity contribution >= 4 is 26.5 Å². The second kappa shape index (κ2) is 13.3. The van der Waals surface area contributed by atoms with Gasteiger partial charge in [-0.25, -0.2) is 13.9 Å². The first-order valence-electron chi connectivity index (χ1n) is 10.7. The van der Waals surface area contributed by atoms with Crippen LogP contribution in [0.25, 0.3) is 0 Å². The van der Waals surface area contributed by atoms with E-state index >= 15 is 0 Å². The molecule has 0 atom stereocenters. The summed E-state index contributed by atoms with van der Waals surface area (Å²) in [5.74, 6) is 0.234. The van der Waals surface area contributed by atoms with E-state index in [2.05, 4.69) is 13.8 Å². The maximum Gasteiger partial charge on any atom is 0.265 e. The fourth-order valence-corrected chi connectivity index (χ4v) is 6.63. The van der Waals surface area contributed by atoms with Gasteiger partial charge in [0.1, 0.15) is 11.5 Å². The zero-order chi connectivity index (χ0) is 24.2. The van der Waals surface area contributed by atoms with Gasteiger partial charge in [0.15, 0.2) is 14.6 Å². The summed E-state index contributed by atoms with van der Waals surface area (Å²) in [7, 11) is -5.28. The Bertz CT molecular complexity index is 950. The van der Waals surface area contributed by atoms with Gasteiger partial charge in [0.05, 0.1) is 4.90 Å². The minimum Gasteiger partial charge on any atom is -0.457 e. The zero-order valence-corrected chi connectivity index (χ0v) is 20.7. The van der Waals surface area contributed by atoms with Crippen LogP contribution in [0, 0.1) is 0 Å². The molecule has 2 aromatic rings. The molecule has 0 saturated carbocycles. The first-order chi connectivity index (χ1) is 15.3. The number of sulfone groups is 1. The SMILES string of the molecule is CC.CCC.O=C(NO)C1(S(=O)(=O)c2ccc(Oc3ccccc3)cc2)CCS(=O)CC1. The molecule has 0 aromatic heterocycles. The third kappa shape index (κ3) is 6.63. The molecule has 7 nitrogen and oxygen atoms in total. The van der Waals surface area contributed by atoms with E-state index in [9.17, 15) is 17.4 Å². The van der Waals surface area contributed by atoms with E-state index < -0.39 is 31.3 Å². The molecule has 2 N–H and O–H groups in total. The highest BCUT2D eigenvalue weighted by molar-refractivity contribution is 7.94. The Hall–Kier alpha value is -2.23. The zero-order valence-electron chi connectivity index (χ0n) is 19.0. The van der Waals surface area contributed by atoms with Crippen molar-refractivity contribution in [2.45, 2.75) is 56.6 Å². The van der Waals surface area contributed by atoms with Crippen LogP contribution in [0.15, 0.2) is 59.5 Å². The van der Waals surface area contributed by atoms with Crippen LogP contribution in [-0.4, -0.2) is 40.0 Å². The van der Waals surface area contributed by atoms with Gasteiger partial charge < -0.3 is 4.74 Å². The Kier molecular flexibility index (Phi) is 11.6. The largest absolute Gasteiger partial charge is 0.457 e. The predicted molar refractivity (Wildman–Crippen MR) is 127 cm³/mol. The predicted octanol–water partition coefficient (Wildman–Crippen LogP) is 4.48. The molecule has 0 spiro atoms. The number of carbonyl (C=O) groups excluding carboxylic acids is 1. The molecule has 1 heterocycles. The van der Waals surface area contributed by atoms with Gasteiger partial charge in [-0.15, -0.1) is 0 Å². The summed E-state index contributed by atoms with van der Waals surface area (Å²) in [4.78, 5) is 12.2. The molecule has 1 aliphatic heterocycles. The molecule has 1 saturated heterocycles. The maximum atomic E-state index is 13.2. The highest BCUT2D eigenvalue weighted by Gasteiger charge is 2.52. The van der Waals surface area contributed by atoms with E-state index in [1.807, 2.05) is 32.0 Å². The van der Waals surface area contributed by atoms with Gasteiger partial charge in [0.2, 0.25) is 0 Å². The minimum absolute atomic E-state index is 0.0563. The van der Waals surface area contributed by atoms with Crippen LogP contribution >= 0.6 is 0 Å². The first kappa shape index (κ1) is 27.8.